The zero-order chi connectivity index (χ0) is 22.4. The lowest BCUT2D eigenvalue weighted by Crippen LogP contribution is -2.34. The molecule has 0 unspecified atom stereocenters. The summed E-state index contributed by atoms with van der Waals surface area (Å²) in [4.78, 5) is 39.5. The number of benzene rings is 1. The van der Waals surface area contributed by atoms with Gasteiger partial charge in [-0.2, -0.15) is 0 Å². The third-order valence-corrected chi connectivity index (χ3v) is 8.96. The maximum absolute atomic E-state index is 12.9. The summed E-state index contributed by atoms with van der Waals surface area (Å²) in [6, 6.07) is 6.67. The zero-order valence-corrected chi connectivity index (χ0v) is 21.2. The molecule has 1 aromatic rings. The van der Waals surface area contributed by atoms with Gasteiger partial charge in [0.1, 0.15) is 5.75 Å². The summed E-state index contributed by atoms with van der Waals surface area (Å²) in [6.07, 6.45) is 9.76. The molecule has 2 amide bonds. The Balaban J connectivity index is 1.49. The molecule has 1 aliphatic heterocycles. The predicted molar refractivity (Wildman–Crippen MR) is 129 cm³/mol. The summed E-state index contributed by atoms with van der Waals surface area (Å²) in [5.41, 5.74) is 0.536. The molecule has 1 heterocycles. The second kappa shape index (κ2) is 11.6. The summed E-state index contributed by atoms with van der Waals surface area (Å²) >= 11 is 7.21. The first kappa shape index (κ1) is 24.4. The van der Waals surface area contributed by atoms with Gasteiger partial charge in [0, 0.05) is 16.1 Å². The van der Waals surface area contributed by atoms with E-state index < -0.39 is 0 Å². The van der Waals surface area contributed by atoms with Crippen LogP contribution in [0.3, 0.4) is 0 Å². The number of unbranched alkanes of at least 4 members (excludes halogenated alkanes) is 6. The van der Waals surface area contributed by atoms with Gasteiger partial charge in [-0.05, 0) is 43.5 Å². The van der Waals surface area contributed by atoms with Crippen molar-refractivity contribution in [2.24, 2.45) is 11.8 Å². The molecule has 31 heavy (non-hydrogen) atoms. The number of nitrogens with zero attached hydrogens (tertiary/aromatic N) is 1. The number of fused-ring (bicyclic) bond motifs is 1. The molecule has 1 saturated heterocycles. The van der Waals surface area contributed by atoms with Crippen LogP contribution in [0.25, 0.3) is 0 Å². The van der Waals surface area contributed by atoms with E-state index in [1.54, 1.807) is 24.3 Å². The summed E-state index contributed by atoms with van der Waals surface area (Å²) in [6.45, 7) is 2.20. The van der Waals surface area contributed by atoms with Gasteiger partial charge < -0.3 is 4.74 Å². The van der Waals surface area contributed by atoms with Crippen LogP contribution in [-0.2, 0) is 14.4 Å². The number of anilines is 1. The normalized spacial score (nSPS) is 25.6. The molecular formula is C24H31Br2NO4. The lowest BCUT2D eigenvalue weighted by molar-refractivity contribution is -0.134. The summed E-state index contributed by atoms with van der Waals surface area (Å²) in [5.74, 6) is -0.623. The van der Waals surface area contributed by atoms with Crippen LogP contribution < -0.4 is 9.64 Å². The van der Waals surface area contributed by atoms with Gasteiger partial charge in [-0.1, -0.05) is 77.3 Å². The standard InChI is InChI=1S/C24H31Br2NO4/c1-2-3-4-5-6-7-8-9-22(28)31-17-12-10-16(11-13-17)27-23(29)18-14-20(25)21(26)15-19(18)24(27)30/h10-13,18-21H,2-9,14-15H2,1H3/t18-,19-,20+,21+/m1/s1. The largest absolute Gasteiger partial charge is 0.427 e. The Bertz CT molecular complexity index is 754. The van der Waals surface area contributed by atoms with Crippen LogP contribution in [0.2, 0.25) is 0 Å². The highest BCUT2D eigenvalue weighted by Crippen LogP contribution is 2.44. The van der Waals surface area contributed by atoms with Gasteiger partial charge in [0.25, 0.3) is 0 Å². The van der Waals surface area contributed by atoms with Crippen LogP contribution in [0.4, 0.5) is 5.69 Å². The van der Waals surface area contributed by atoms with Crippen molar-refractivity contribution in [1.82, 2.24) is 0 Å². The van der Waals surface area contributed by atoms with Gasteiger partial charge in [0.05, 0.1) is 17.5 Å². The number of rotatable bonds is 10. The number of hydrogen-bond acceptors (Lipinski definition) is 4. The van der Waals surface area contributed by atoms with Crippen LogP contribution in [0.15, 0.2) is 24.3 Å². The third-order valence-electron chi connectivity index (χ3n) is 6.22. The second-order valence-corrected chi connectivity index (χ2v) is 10.9. The van der Waals surface area contributed by atoms with E-state index in [0.717, 1.165) is 19.3 Å². The Morgan fingerprint density at radius 3 is 1.97 bits per heavy atom. The van der Waals surface area contributed by atoms with Gasteiger partial charge in [0.15, 0.2) is 0 Å². The quantitative estimate of drug-likeness (QED) is 0.114. The number of hydrogen-bond donors (Lipinski definition) is 0. The SMILES string of the molecule is CCCCCCCCCC(=O)Oc1ccc(N2C(=O)[C@@H]3C[C@H](Br)[C@@H](Br)C[C@H]3C2=O)cc1. The average Bonchev–Trinajstić information content (AvgIpc) is 2.98. The fourth-order valence-electron chi connectivity index (χ4n) is 4.42. The van der Waals surface area contributed by atoms with Gasteiger partial charge in [-0.3, -0.25) is 19.3 Å². The first-order valence-corrected chi connectivity index (χ1v) is 13.2. The Morgan fingerprint density at radius 1 is 0.903 bits per heavy atom. The number of esters is 1. The fraction of sp³-hybridized carbons (Fsp3) is 0.625. The van der Waals surface area contributed by atoms with E-state index in [0.29, 0.717) is 30.7 Å². The molecule has 1 aliphatic carbocycles. The molecule has 3 rings (SSSR count). The number of amides is 2. The summed E-state index contributed by atoms with van der Waals surface area (Å²) in [7, 11) is 0. The molecule has 1 saturated carbocycles. The fourth-order valence-corrected chi connectivity index (χ4v) is 5.66. The molecule has 170 valence electrons. The maximum Gasteiger partial charge on any atom is 0.311 e. The highest BCUT2D eigenvalue weighted by atomic mass is 79.9. The Labute approximate surface area is 201 Å². The van der Waals surface area contributed by atoms with Gasteiger partial charge in [0.2, 0.25) is 11.8 Å². The van der Waals surface area contributed by atoms with E-state index in [-0.39, 0.29) is 39.3 Å². The van der Waals surface area contributed by atoms with Crippen LogP contribution in [0, 0.1) is 11.8 Å². The minimum absolute atomic E-state index is 0.137. The van der Waals surface area contributed by atoms with Crippen LogP contribution in [-0.4, -0.2) is 27.4 Å². The van der Waals surface area contributed by atoms with E-state index in [9.17, 15) is 14.4 Å². The number of imide groups is 1. The van der Waals surface area contributed by atoms with E-state index in [1.807, 2.05) is 0 Å². The molecule has 5 nitrogen and oxygen atoms in total. The molecule has 2 fully saturated rings. The van der Waals surface area contributed by atoms with E-state index in [4.69, 9.17) is 4.74 Å². The number of halogens is 2. The molecular weight excluding hydrogens is 526 g/mol. The highest BCUT2D eigenvalue weighted by molar-refractivity contribution is 9.12. The lowest BCUT2D eigenvalue weighted by Gasteiger charge is -2.29. The Kier molecular flexibility index (Phi) is 9.14. The molecule has 4 atom stereocenters. The van der Waals surface area contributed by atoms with Crippen molar-refractivity contribution in [1.29, 1.82) is 0 Å². The summed E-state index contributed by atoms with van der Waals surface area (Å²) in [5, 5.41) is 0. The highest BCUT2D eigenvalue weighted by Gasteiger charge is 2.52. The molecule has 0 bridgehead atoms. The van der Waals surface area contributed by atoms with Crippen molar-refractivity contribution in [2.75, 3.05) is 4.90 Å². The van der Waals surface area contributed by atoms with Crippen molar-refractivity contribution in [2.45, 2.75) is 80.8 Å². The average molecular weight is 557 g/mol. The molecule has 0 radical (unpaired) electrons. The zero-order valence-electron chi connectivity index (χ0n) is 18.0. The number of carbonyl (C=O) groups excluding carboxylic acids is 3. The molecule has 7 heteroatoms. The third kappa shape index (κ3) is 6.19. The monoisotopic (exact) mass is 555 g/mol. The number of carbonyl (C=O) groups is 3. The van der Waals surface area contributed by atoms with Gasteiger partial charge in [-0.15, -0.1) is 0 Å². The Hall–Kier alpha value is -1.21. The first-order valence-electron chi connectivity index (χ1n) is 11.4. The van der Waals surface area contributed by atoms with Crippen LogP contribution >= 0.6 is 31.9 Å². The minimum Gasteiger partial charge on any atom is -0.427 e. The number of alkyl halides is 2. The topological polar surface area (TPSA) is 63.7 Å². The van der Waals surface area contributed by atoms with Crippen LogP contribution in [0.1, 0.15) is 71.1 Å². The number of ether oxygens (including phenoxy) is 1. The van der Waals surface area contributed by atoms with Gasteiger partial charge in [-0.25, -0.2) is 0 Å². The summed E-state index contributed by atoms with van der Waals surface area (Å²) < 4.78 is 5.41. The molecule has 0 spiro atoms. The molecule has 2 aliphatic rings. The predicted octanol–water partition coefficient (Wildman–Crippen LogP) is 6.16. The Morgan fingerprint density at radius 2 is 1.42 bits per heavy atom. The van der Waals surface area contributed by atoms with Crippen molar-refractivity contribution in [3.63, 3.8) is 0 Å². The van der Waals surface area contributed by atoms with Crippen molar-refractivity contribution >= 4 is 55.3 Å². The lowest BCUT2D eigenvalue weighted by atomic mass is 9.81. The van der Waals surface area contributed by atoms with E-state index >= 15 is 0 Å². The first-order chi connectivity index (χ1) is 14.9. The maximum atomic E-state index is 12.9. The van der Waals surface area contributed by atoms with Gasteiger partial charge >= 0.3 is 5.97 Å². The van der Waals surface area contributed by atoms with Crippen molar-refractivity contribution < 1.29 is 19.1 Å². The smallest absolute Gasteiger partial charge is 0.311 e. The second-order valence-electron chi connectivity index (χ2n) is 8.57. The molecule has 0 N–H and O–H groups in total. The van der Waals surface area contributed by atoms with E-state index in [2.05, 4.69) is 38.8 Å². The molecule has 0 aromatic heterocycles. The van der Waals surface area contributed by atoms with Crippen molar-refractivity contribution in [3.8, 4) is 5.75 Å². The van der Waals surface area contributed by atoms with E-state index in [1.165, 1.54) is 30.6 Å². The molecule has 1 aromatic carbocycles. The van der Waals surface area contributed by atoms with Crippen LogP contribution in [0.5, 0.6) is 5.75 Å². The van der Waals surface area contributed by atoms with Crippen molar-refractivity contribution in [3.05, 3.63) is 24.3 Å². The minimum atomic E-state index is -0.273.